The third-order valence-corrected chi connectivity index (χ3v) is 11.2. The fraction of sp³-hybridized carbons (Fsp3) is 0. The van der Waals surface area contributed by atoms with Crippen molar-refractivity contribution in [1.82, 2.24) is 19.5 Å². The maximum Gasteiger partial charge on any atom is 0.235 e. The maximum atomic E-state index is 5.42. The first-order chi connectivity index (χ1) is 24.8. The predicted octanol–water partition coefficient (Wildman–Crippen LogP) is 12.1. The Labute approximate surface area is 290 Å². The van der Waals surface area contributed by atoms with Gasteiger partial charge in [0.1, 0.15) is 0 Å². The molecular formula is C45H26N4S. The summed E-state index contributed by atoms with van der Waals surface area (Å²) in [6, 6.07) is 55.8. The van der Waals surface area contributed by atoms with E-state index in [2.05, 4.69) is 150 Å². The SMILES string of the molecule is c1ccc(-c2nc(-n3c4ccccc4c4ccc(-c5nc6ccc7c8ccccc8sc7c6c6ccccc56)cc43)nc3ccccc23)cc1. The zero-order valence-corrected chi connectivity index (χ0v) is 27.5. The molecule has 0 bridgehead atoms. The molecular weight excluding hydrogens is 629 g/mol. The quantitative estimate of drug-likeness (QED) is 0.178. The van der Waals surface area contributed by atoms with Gasteiger partial charge in [-0.1, -0.05) is 127 Å². The number of benzene rings is 7. The van der Waals surface area contributed by atoms with Crippen LogP contribution in [0.1, 0.15) is 0 Å². The number of pyridine rings is 1. The zero-order chi connectivity index (χ0) is 32.8. The number of rotatable bonds is 3. The van der Waals surface area contributed by atoms with Gasteiger partial charge in [-0.15, -0.1) is 11.3 Å². The van der Waals surface area contributed by atoms with E-state index < -0.39 is 0 Å². The first-order valence-corrected chi connectivity index (χ1v) is 17.6. The van der Waals surface area contributed by atoms with E-state index in [0.717, 1.165) is 66.1 Å². The average Bonchev–Trinajstić information content (AvgIpc) is 3.73. The molecule has 232 valence electrons. The monoisotopic (exact) mass is 654 g/mol. The second-order valence-corrected chi connectivity index (χ2v) is 13.8. The van der Waals surface area contributed by atoms with Crippen LogP contribution >= 0.6 is 11.3 Å². The lowest BCUT2D eigenvalue weighted by atomic mass is 9.98. The van der Waals surface area contributed by atoms with Crippen molar-refractivity contribution in [3.05, 3.63) is 158 Å². The average molecular weight is 655 g/mol. The number of aromatic nitrogens is 4. The standard InChI is InChI=1S/C45H26N4S/c1-2-12-27(13-3-1)42-35-18-6-9-19-36(35)47-45(48-42)49-38-20-10-7-14-29(38)30-23-22-28(26-39(30)49)43-33-17-5-4-16-32(33)41-37(46-43)25-24-34-31-15-8-11-21-40(31)50-44(34)41/h1-26H. The van der Waals surface area contributed by atoms with E-state index >= 15 is 0 Å². The summed E-state index contributed by atoms with van der Waals surface area (Å²) in [5.74, 6) is 0.648. The molecule has 11 aromatic rings. The Morgan fingerprint density at radius 2 is 1.06 bits per heavy atom. The minimum atomic E-state index is 0.648. The van der Waals surface area contributed by atoms with Gasteiger partial charge in [-0.25, -0.2) is 15.0 Å². The molecule has 0 spiro atoms. The van der Waals surface area contributed by atoms with E-state index in [1.807, 2.05) is 23.5 Å². The van der Waals surface area contributed by atoms with Crippen LogP contribution in [0.2, 0.25) is 0 Å². The third kappa shape index (κ3) is 3.95. The van der Waals surface area contributed by atoms with Crippen molar-refractivity contribution >= 4 is 85.9 Å². The van der Waals surface area contributed by atoms with Gasteiger partial charge in [-0.2, -0.15) is 0 Å². The van der Waals surface area contributed by atoms with Crippen LogP contribution in [0.15, 0.2) is 158 Å². The van der Waals surface area contributed by atoms with E-state index in [1.165, 1.54) is 30.9 Å². The largest absolute Gasteiger partial charge is 0.278 e. The fourth-order valence-electron chi connectivity index (χ4n) is 7.75. The summed E-state index contributed by atoms with van der Waals surface area (Å²) in [6.45, 7) is 0. The van der Waals surface area contributed by atoms with Crippen LogP contribution in [0, 0.1) is 0 Å². The number of hydrogen-bond acceptors (Lipinski definition) is 4. The van der Waals surface area contributed by atoms with Gasteiger partial charge in [0.05, 0.1) is 33.5 Å². The van der Waals surface area contributed by atoms with E-state index in [0.29, 0.717) is 5.95 Å². The van der Waals surface area contributed by atoms with Crippen molar-refractivity contribution < 1.29 is 0 Å². The minimum Gasteiger partial charge on any atom is -0.278 e. The summed E-state index contributed by atoms with van der Waals surface area (Å²) in [6.07, 6.45) is 0. The second kappa shape index (κ2) is 10.5. The van der Waals surface area contributed by atoms with Gasteiger partial charge in [0, 0.05) is 58.2 Å². The molecule has 5 heteroatoms. The van der Waals surface area contributed by atoms with Gasteiger partial charge >= 0.3 is 0 Å². The molecule has 0 unspecified atom stereocenters. The van der Waals surface area contributed by atoms with E-state index in [9.17, 15) is 0 Å². The molecule has 0 aliphatic rings. The van der Waals surface area contributed by atoms with E-state index in [-0.39, 0.29) is 0 Å². The van der Waals surface area contributed by atoms with Gasteiger partial charge in [-0.05, 0) is 35.7 Å². The molecule has 4 nitrogen and oxygen atoms in total. The summed E-state index contributed by atoms with van der Waals surface area (Å²) in [5.41, 5.74) is 8.03. The molecule has 0 aliphatic heterocycles. The Balaban J connectivity index is 1.20. The highest BCUT2D eigenvalue weighted by molar-refractivity contribution is 7.26. The van der Waals surface area contributed by atoms with E-state index in [1.54, 1.807) is 0 Å². The molecule has 0 N–H and O–H groups in total. The van der Waals surface area contributed by atoms with Crippen LogP contribution < -0.4 is 0 Å². The van der Waals surface area contributed by atoms with Crippen LogP contribution in [0.25, 0.3) is 103 Å². The molecule has 0 fully saturated rings. The van der Waals surface area contributed by atoms with Gasteiger partial charge in [-0.3, -0.25) is 4.57 Å². The molecule has 0 saturated carbocycles. The molecule has 0 amide bonds. The summed E-state index contributed by atoms with van der Waals surface area (Å²) in [7, 11) is 0. The molecule has 0 aliphatic carbocycles. The van der Waals surface area contributed by atoms with Gasteiger partial charge in [0.2, 0.25) is 5.95 Å². The van der Waals surface area contributed by atoms with Crippen LogP contribution in [0.4, 0.5) is 0 Å². The maximum absolute atomic E-state index is 5.42. The molecule has 11 rings (SSSR count). The summed E-state index contributed by atoms with van der Waals surface area (Å²) >= 11 is 1.85. The number of fused-ring (bicyclic) bond motifs is 11. The Bertz CT molecular complexity index is 3160. The van der Waals surface area contributed by atoms with Crippen LogP contribution in [0.5, 0.6) is 0 Å². The lowest BCUT2D eigenvalue weighted by molar-refractivity contribution is 1.01. The highest BCUT2D eigenvalue weighted by Crippen LogP contribution is 2.43. The minimum absolute atomic E-state index is 0.648. The Kier molecular flexibility index (Phi) is 5.80. The second-order valence-electron chi connectivity index (χ2n) is 12.8. The van der Waals surface area contributed by atoms with Gasteiger partial charge in [0.15, 0.2) is 0 Å². The van der Waals surface area contributed by atoms with Crippen molar-refractivity contribution in [3.63, 3.8) is 0 Å². The van der Waals surface area contributed by atoms with Crippen molar-refractivity contribution in [3.8, 4) is 28.5 Å². The molecule has 7 aromatic carbocycles. The molecule has 4 heterocycles. The summed E-state index contributed by atoms with van der Waals surface area (Å²) in [5, 5.41) is 9.51. The van der Waals surface area contributed by atoms with Crippen LogP contribution in [-0.4, -0.2) is 19.5 Å². The summed E-state index contributed by atoms with van der Waals surface area (Å²) < 4.78 is 4.81. The summed E-state index contributed by atoms with van der Waals surface area (Å²) in [4.78, 5) is 15.9. The highest BCUT2D eigenvalue weighted by atomic mass is 32.1. The van der Waals surface area contributed by atoms with Crippen molar-refractivity contribution in [2.75, 3.05) is 0 Å². The normalized spacial score (nSPS) is 12.0. The number of thiophene rings is 1. The topological polar surface area (TPSA) is 43.6 Å². The molecule has 0 radical (unpaired) electrons. The molecule has 50 heavy (non-hydrogen) atoms. The first kappa shape index (κ1) is 27.5. The Morgan fingerprint density at radius 1 is 0.400 bits per heavy atom. The highest BCUT2D eigenvalue weighted by Gasteiger charge is 2.20. The number of nitrogens with zero attached hydrogens (tertiary/aromatic N) is 4. The Morgan fingerprint density at radius 3 is 1.94 bits per heavy atom. The van der Waals surface area contributed by atoms with Gasteiger partial charge < -0.3 is 0 Å². The molecule has 0 atom stereocenters. The van der Waals surface area contributed by atoms with Crippen molar-refractivity contribution in [2.24, 2.45) is 0 Å². The van der Waals surface area contributed by atoms with Gasteiger partial charge in [0.25, 0.3) is 0 Å². The first-order valence-electron chi connectivity index (χ1n) is 16.8. The third-order valence-electron chi connectivity index (χ3n) is 9.99. The number of para-hydroxylation sites is 2. The molecule has 4 aromatic heterocycles. The Hall–Kier alpha value is -6.43. The zero-order valence-electron chi connectivity index (χ0n) is 26.7. The molecule has 0 saturated heterocycles. The predicted molar refractivity (Wildman–Crippen MR) is 210 cm³/mol. The van der Waals surface area contributed by atoms with Crippen molar-refractivity contribution in [1.29, 1.82) is 0 Å². The fourth-order valence-corrected chi connectivity index (χ4v) is 9.01. The lowest BCUT2D eigenvalue weighted by Crippen LogP contribution is -2.03. The van der Waals surface area contributed by atoms with Crippen LogP contribution in [-0.2, 0) is 0 Å². The number of hydrogen-bond donors (Lipinski definition) is 0. The smallest absolute Gasteiger partial charge is 0.235 e. The van der Waals surface area contributed by atoms with E-state index in [4.69, 9.17) is 15.0 Å². The van der Waals surface area contributed by atoms with Crippen LogP contribution in [0.3, 0.4) is 0 Å². The van der Waals surface area contributed by atoms with Crippen molar-refractivity contribution in [2.45, 2.75) is 0 Å². The lowest BCUT2D eigenvalue weighted by Gasteiger charge is -2.13.